The molecule has 1 amide bonds. The predicted octanol–water partition coefficient (Wildman–Crippen LogP) is 2.47. The molecule has 1 N–H and O–H groups in total. The number of hydrogen-bond donors (Lipinski definition) is 1. The molecule has 0 radical (unpaired) electrons. The SMILES string of the molecule is O=COc1ccc(NC(=O)c2ccccc2)cc1. The molecule has 18 heavy (non-hydrogen) atoms. The molecule has 0 spiro atoms. The Morgan fingerprint density at radius 3 is 2.28 bits per heavy atom. The van der Waals surface area contributed by atoms with Crippen LogP contribution in [0.4, 0.5) is 5.69 Å². The zero-order valence-electron chi connectivity index (χ0n) is 9.50. The Morgan fingerprint density at radius 2 is 1.67 bits per heavy atom. The van der Waals surface area contributed by atoms with Crippen LogP contribution in [0.1, 0.15) is 10.4 Å². The van der Waals surface area contributed by atoms with Gasteiger partial charge in [-0.1, -0.05) is 18.2 Å². The van der Waals surface area contributed by atoms with Crippen LogP contribution in [0, 0.1) is 0 Å². The fraction of sp³-hybridized carbons (Fsp3) is 0. The smallest absolute Gasteiger partial charge is 0.298 e. The second kappa shape index (κ2) is 5.63. The first-order chi connectivity index (χ1) is 8.79. The van der Waals surface area contributed by atoms with E-state index in [1.807, 2.05) is 6.07 Å². The number of nitrogens with one attached hydrogen (secondary N) is 1. The summed E-state index contributed by atoms with van der Waals surface area (Å²) in [6, 6.07) is 15.5. The standard InChI is InChI=1S/C14H11NO3/c16-10-18-13-8-6-12(7-9-13)15-14(17)11-4-2-1-3-5-11/h1-10H,(H,15,17). The van der Waals surface area contributed by atoms with Crippen molar-refractivity contribution in [1.82, 2.24) is 0 Å². The van der Waals surface area contributed by atoms with Gasteiger partial charge in [-0.05, 0) is 36.4 Å². The minimum absolute atomic E-state index is 0.181. The average Bonchev–Trinajstić information content (AvgIpc) is 2.42. The Labute approximate surface area is 104 Å². The summed E-state index contributed by atoms with van der Waals surface area (Å²) in [5.41, 5.74) is 1.23. The van der Waals surface area contributed by atoms with Crippen molar-refractivity contribution in [3.63, 3.8) is 0 Å². The summed E-state index contributed by atoms with van der Waals surface area (Å²) in [6.07, 6.45) is 0. The summed E-state index contributed by atoms with van der Waals surface area (Å²) in [5.74, 6) is 0.252. The van der Waals surface area contributed by atoms with Gasteiger partial charge in [0.15, 0.2) is 0 Å². The molecule has 0 aliphatic heterocycles. The lowest BCUT2D eigenvalue weighted by molar-refractivity contribution is -0.120. The molecule has 0 saturated carbocycles. The number of ether oxygens (including phenoxy) is 1. The molecule has 4 heteroatoms. The second-order valence-corrected chi connectivity index (χ2v) is 3.56. The molecule has 0 aliphatic rings. The maximum Gasteiger partial charge on any atom is 0.298 e. The summed E-state index contributed by atoms with van der Waals surface area (Å²) in [7, 11) is 0. The van der Waals surface area contributed by atoms with Crippen molar-refractivity contribution in [2.75, 3.05) is 5.32 Å². The van der Waals surface area contributed by atoms with Crippen LogP contribution in [0.3, 0.4) is 0 Å². The number of rotatable bonds is 4. The third-order valence-electron chi connectivity index (χ3n) is 2.33. The van der Waals surface area contributed by atoms with E-state index in [9.17, 15) is 9.59 Å². The van der Waals surface area contributed by atoms with Crippen LogP contribution >= 0.6 is 0 Å². The highest BCUT2D eigenvalue weighted by Crippen LogP contribution is 2.15. The Balaban J connectivity index is 2.05. The normalized spacial score (nSPS) is 9.56. The van der Waals surface area contributed by atoms with E-state index in [0.29, 0.717) is 23.5 Å². The highest BCUT2D eigenvalue weighted by Gasteiger charge is 2.04. The van der Waals surface area contributed by atoms with Gasteiger partial charge in [0.1, 0.15) is 5.75 Å². The van der Waals surface area contributed by atoms with Crippen molar-refractivity contribution in [3.05, 3.63) is 60.2 Å². The van der Waals surface area contributed by atoms with Crippen LogP contribution in [0.2, 0.25) is 0 Å². The van der Waals surface area contributed by atoms with Crippen LogP contribution in [0.5, 0.6) is 5.75 Å². The number of amides is 1. The van der Waals surface area contributed by atoms with E-state index in [-0.39, 0.29) is 5.91 Å². The van der Waals surface area contributed by atoms with Crippen LogP contribution in [0.25, 0.3) is 0 Å². The van der Waals surface area contributed by atoms with Crippen molar-refractivity contribution < 1.29 is 14.3 Å². The summed E-state index contributed by atoms with van der Waals surface area (Å²) in [5, 5.41) is 2.74. The summed E-state index contributed by atoms with van der Waals surface area (Å²) in [6.45, 7) is 0.359. The van der Waals surface area contributed by atoms with E-state index in [1.165, 1.54) is 0 Å². The number of benzene rings is 2. The first-order valence-electron chi connectivity index (χ1n) is 5.36. The number of carbonyl (C=O) groups excluding carboxylic acids is 2. The topological polar surface area (TPSA) is 55.4 Å². The van der Waals surface area contributed by atoms with Gasteiger partial charge in [-0.25, -0.2) is 0 Å². The Kier molecular flexibility index (Phi) is 3.71. The van der Waals surface area contributed by atoms with Gasteiger partial charge in [0.25, 0.3) is 12.4 Å². The molecule has 2 aromatic rings. The molecule has 2 rings (SSSR count). The molecule has 0 unspecified atom stereocenters. The van der Waals surface area contributed by atoms with Crippen molar-refractivity contribution in [2.45, 2.75) is 0 Å². The highest BCUT2D eigenvalue weighted by atomic mass is 16.5. The zero-order valence-corrected chi connectivity index (χ0v) is 9.50. The van der Waals surface area contributed by atoms with Crippen molar-refractivity contribution in [2.24, 2.45) is 0 Å². The molecular formula is C14H11NO3. The average molecular weight is 241 g/mol. The van der Waals surface area contributed by atoms with Gasteiger partial charge in [0, 0.05) is 11.3 Å². The van der Waals surface area contributed by atoms with E-state index < -0.39 is 0 Å². The van der Waals surface area contributed by atoms with Crippen LogP contribution in [-0.4, -0.2) is 12.4 Å². The van der Waals surface area contributed by atoms with E-state index in [4.69, 9.17) is 0 Å². The second-order valence-electron chi connectivity index (χ2n) is 3.56. The van der Waals surface area contributed by atoms with Gasteiger partial charge >= 0.3 is 0 Å². The number of anilines is 1. The Morgan fingerprint density at radius 1 is 1.00 bits per heavy atom. The lowest BCUT2D eigenvalue weighted by atomic mass is 10.2. The largest absolute Gasteiger partial charge is 0.429 e. The third-order valence-corrected chi connectivity index (χ3v) is 2.33. The Hall–Kier alpha value is -2.62. The third kappa shape index (κ3) is 2.95. The van der Waals surface area contributed by atoms with Gasteiger partial charge in [0.05, 0.1) is 0 Å². The van der Waals surface area contributed by atoms with E-state index >= 15 is 0 Å². The van der Waals surface area contributed by atoms with Gasteiger partial charge in [0.2, 0.25) is 0 Å². The molecule has 0 bridgehead atoms. The molecule has 0 aromatic heterocycles. The highest BCUT2D eigenvalue weighted by molar-refractivity contribution is 6.04. The molecule has 0 heterocycles. The first-order valence-corrected chi connectivity index (χ1v) is 5.36. The molecule has 0 fully saturated rings. The van der Waals surface area contributed by atoms with E-state index in [0.717, 1.165) is 0 Å². The minimum Gasteiger partial charge on any atom is -0.429 e. The van der Waals surface area contributed by atoms with Crippen molar-refractivity contribution >= 4 is 18.1 Å². The van der Waals surface area contributed by atoms with Gasteiger partial charge in [-0.15, -0.1) is 0 Å². The van der Waals surface area contributed by atoms with Crippen molar-refractivity contribution in [1.29, 1.82) is 0 Å². The Bertz CT molecular complexity index is 535. The zero-order chi connectivity index (χ0) is 12.8. The molecule has 0 saturated heterocycles. The molecule has 90 valence electrons. The minimum atomic E-state index is -0.181. The predicted molar refractivity (Wildman–Crippen MR) is 67.5 cm³/mol. The van der Waals surface area contributed by atoms with Crippen LogP contribution in [0.15, 0.2) is 54.6 Å². The molecule has 4 nitrogen and oxygen atoms in total. The van der Waals surface area contributed by atoms with Crippen molar-refractivity contribution in [3.8, 4) is 5.75 Å². The fourth-order valence-corrected chi connectivity index (χ4v) is 1.47. The molecule has 0 aliphatic carbocycles. The number of carbonyl (C=O) groups is 2. The van der Waals surface area contributed by atoms with Gasteiger partial charge in [-0.2, -0.15) is 0 Å². The quantitative estimate of drug-likeness (QED) is 0.836. The molecular weight excluding hydrogens is 230 g/mol. The number of hydrogen-bond acceptors (Lipinski definition) is 3. The maximum atomic E-state index is 11.8. The van der Waals surface area contributed by atoms with Crippen LogP contribution < -0.4 is 10.1 Å². The first kappa shape index (κ1) is 11.9. The molecule has 0 atom stereocenters. The van der Waals surface area contributed by atoms with Gasteiger partial charge < -0.3 is 10.1 Å². The lowest BCUT2D eigenvalue weighted by Crippen LogP contribution is -2.11. The van der Waals surface area contributed by atoms with Crippen LogP contribution in [-0.2, 0) is 4.79 Å². The monoisotopic (exact) mass is 241 g/mol. The summed E-state index contributed by atoms with van der Waals surface area (Å²) >= 11 is 0. The van der Waals surface area contributed by atoms with E-state index in [1.54, 1.807) is 48.5 Å². The van der Waals surface area contributed by atoms with Gasteiger partial charge in [-0.3, -0.25) is 9.59 Å². The lowest BCUT2D eigenvalue weighted by Gasteiger charge is -2.05. The summed E-state index contributed by atoms with van der Waals surface area (Å²) in [4.78, 5) is 22.0. The molecule has 2 aromatic carbocycles. The fourth-order valence-electron chi connectivity index (χ4n) is 1.47. The summed E-state index contributed by atoms with van der Waals surface area (Å²) < 4.78 is 4.66. The maximum absolute atomic E-state index is 11.8. The van der Waals surface area contributed by atoms with E-state index in [2.05, 4.69) is 10.1 Å².